The molecule has 3 aromatic heterocycles. The number of halogens is 1. The Morgan fingerprint density at radius 3 is 2.57 bits per heavy atom. The first-order chi connectivity index (χ1) is 25.8. The second-order valence-electron chi connectivity index (χ2n) is 14.1. The van der Waals surface area contributed by atoms with Gasteiger partial charge in [0.1, 0.15) is 6.73 Å². The average Bonchev–Trinajstić information content (AvgIpc) is 3.71. The summed E-state index contributed by atoms with van der Waals surface area (Å²) in [5.74, 6) is 6.19. The SMILES string of the molecule is CCOC(=O)c1nc(N(C)c2cc(C)c(/N=c3\sc4ccccc4n3COCC[Si](C)(C)C)nn2)sc1CCCOc1ccc(C#CCN(C)C)cc1F. The van der Waals surface area contributed by atoms with E-state index < -0.39 is 19.9 Å². The number of hydrogen-bond donors (Lipinski definition) is 0. The number of benzene rings is 2. The molecule has 0 N–H and O–H groups in total. The number of aryl methyl sites for hydroxylation is 2. The first-order valence-electron chi connectivity index (χ1n) is 17.8. The molecule has 0 saturated carbocycles. The van der Waals surface area contributed by atoms with Gasteiger partial charge in [0.2, 0.25) is 0 Å². The number of anilines is 2. The van der Waals surface area contributed by atoms with Crippen LogP contribution in [0.2, 0.25) is 25.7 Å². The Hall–Kier alpha value is -4.46. The highest BCUT2D eigenvalue weighted by Crippen LogP contribution is 2.32. The van der Waals surface area contributed by atoms with E-state index in [9.17, 15) is 9.18 Å². The third-order valence-corrected chi connectivity index (χ3v) is 12.1. The van der Waals surface area contributed by atoms with Crippen molar-refractivity contribution in [2.45, 2.75) is 59.1 Å². The highest BCUT2D eigenvalue weighted by Gasteiger charge is 2.23. The Labute approximate surface area is 325 Å². The minimum Gasteiger partial charge on any atom is -0.491 e. The molecular weight excluding hydrogens is 742 g/mol. The smallest absolute Gasteiger partial charge is 0.358 e. The number of aromatic nitrogens is 4. The van der Waals surface area contributed by atoms with Crippen LogP contribution in [0.4, 0.5) is 21.2 Å². The van der Waals surface area contributed by atoms with Crippen molar-refractivity contribution in [1.82, 2.24) is 24.6 Å². The minimum absolute atomic E-state index is 0.153. The molecule has 11 nitrogen and oxygen atoms in total. The number of hydrogen-bond acceptors (Lipinski definition) is 12. The monoisotopic (exact) mass is 789 g/mol. The predicted molar refractivity (Wildman–Crippen MR) is 218 cm³/mol. The number of esters is 1. The summed E-state index contributed by atoms with van der Waals surface area (Å²) in [6.07, 6.45) is 1.01. The lowest BCUT2D eigenvalue weighted by Gasteiger charge is -2.16. The largest absolute Gasteiger partial charge is 0.491 e. The lowest BCUT2D eigenvalue weighted by atomic mass is 10.2. The zero-order valence-corrected chi connectivity index (χ0v) is 34.9. The third kappa shape index (κ3) is 11.0. The van der Waals surface area contributed by atoms with Crippen LogP contribution in [0.25, 0.3) is 10.2 Å². The van der Waals surface area contributed by atoms with Gasteiger partial charge in [-0.15, -0.1) is 21.5 Å². The number of para-hydroxylation sites is 1. The van der Waals surface area contributed by atoms with Crippen molar-refractivity contribution >= 4 is 63.7 Å². The number of carbonyl (C=O) groups is 1. The average molecular weight is 790 g/mol. The summed E-state index contributed by atoms with van der Waals surface area (Å²) >= 11 is 2.95. The fourth-order valence-corrected chi connectivity index (χ4v) is 7.95. The second-order valence-corrected chi connectivity index (χ2v) is 21.8. The van der Waals surface area contributed by atoms with Gasteiger partial charge in [0.25, 0.3) is 0 Å². The van der Waals surface area contributed by atoms with Gasteiger partial charge in [-0.05, 0) is 88.8 Å². The Bertz CT molecular complexity index is 2200. The van der Waals surface area contributed by atoms with Crippen molar-refractivity contribution in [1.29, 1.82) is 0 Å². The van der Waals surface area contributed by atoms with Gasteiger partial charge in [-0.25, -0.2) is 14.2 Å². The molecule has 0 spiro atoms. The standard InChI is InChI=1S/C39H48FN7O4S2Si/c1-9-50-37(48)35-33(17-13-21-51-31-19-18-28(25-29(31)40)14-12-20-45(3)4)53-38(41-35)46(5)34-24-27(2)36(44-43-34)42-39-47(26-49-22-23-54(6,7)8)30-15-10-11-16-32(30)52-39/h10-11,15-16,18-19,24-25H,9,13,17,20-23,26H2,1-8H3/b42-39-. The summed E-state index contributed by atoms with van der Waals surface area (Å²) in [5.41, 5.74) is 2.72. The molecule has 5 rings (SSSR count). The Morgan fingerprint density at radius 2 is 1.85 bits per heavy atom. The number of thiazole rings is 2. The van der Waals surface area contributed by atoms with Gasteiger partial charge in [-0.1, -0.05) is 55.0 Å². The predicted octanol–water partition coefficient (Wildman–Crippen LogP) is 7.81. The zero-order valence-electron chi connectivity index (χ0n) is 32.2. The summed E-state index contributed by atoms with van der Waals surface area (Å²) in [7, 11) is 4.46. The molecule has 0 unspecified atom stereocenters. The molecule has 0 radical (unpaired) electrons. The van der Waals surface area contributed by atoms with Gasteiger partial charge < -0.3 is 19.1 Å². The topological polar surface area (TPSA) is 107 Å². The fraction of sp³-hybridized carbons (Fsp3) is 0.410. The zero-order chi connectivity index (χ0) is 38.8. The Morgan fingerprint density at radius 1 is 1.06 bits per heavy atom. The molecule has 0 aliphatic carbocycles. The van der Waals surface area contributed by atoms with E-state index in [0.717, 1.165) is 31.5 Å². The number of ether oxygens (including phenoxy) is 3. The fourth-order valence-electron chi connectivity index (χ4n) is 5.11. The van der Waals surface area contributed by atoms with E-state index in [1.807, 2.05) is 51.2 Å². The van der Waals surface area contributed by atoms with Crippen molar-refractivity contribution in [3.63, 3.8) is 0 Å². The molecule has 0 aliphatic rings. The highest BCUT2D eigenvalue weighted by molar-refractivity contribution is 7.16. The van der Waals surface area contributed by atoms with Crippen LogP contribution in [0.1, 0.15) is 39.8 Å². The molecule has 0 saturated heterocycles. The molecule has 0 amide bonds. The van der Waals surface area contributed by atoms with Crippen LogP contribution in [-0.4, -0.2) is 86.2 Å². The molecule has 0 bridgehead atoms. The number of rotatable bonds is 16. The first kappa shape index (κ1) is 40.7. The summed E-state index contributed by atoms with van der Waals surface area (Å²) < 4.78 is 35.1. The second kappa shape index (κ2) is 18.7. The lowest BCUT2D eigenvalue weighted by molar-refractivity contribution is 0.0519. The molecule has 286 valence electrons. The van der Waals surface area contributed by atoms with Crippen molar-refractivity contribution in [3.8, 4) is 17.6 Å². The lowest BCUT2D eigenvalue weighted by Crippen LogP contribution is -2.23. The van der Waals surface area contributed by atoms with Gasteiger partial charge in [-0.3, -0.25) is 9.47 Å². The maximum Gasteiger partial charge on any atom is 0.358 e. The van der Waals surface area contributed by atoms with Crippen LogP contribution >= 0.6 is 22.7 Å². The summed E-state index contributed by atoms with van der Waals surface area (Å²) in [5, 5.41) is 9.56. The van der Waals surface area contributed by atoms with Crippen molar-refractivity contribution in [3.05, 3.63) is 80.8 Å². The van der Waals surface area contributed by atoms with Crippen molar-refractivity contribution < 1.29 is 23.4 Å². The van der Waals surface area contributed by atoms with E-state index in [-0.39, 0.29) is 24.7 Å². The molecule has 5 aromatic rings. The molecule has 0 fully saturated rings. The maximum atomic E-state index is 14.7. The Balaban J connectivity index is 1.30. The Kier molecular flexibility index (Phi) is 14.1. The van der Waals surface area contributed by atoms with Crippen LogP contribution in [0.15, 0.2) is 53.5 Å². The number of fused-ring (bicyclic) bond motifs is 1. The van der Waals surface area contributed by atoms with Crippen LogP contribution in [0.5, 0.6) is 5.75 Å². The molecule has 15 heteroatoms. The molecule has 0 atom stereocenters. The third-order valence-electron chi connectivity index (χ3n) is 8.10. The highest BCUT2D eigenvalue weighted by atomic mass is 32.1. The summed E-state index contributed by atoms with van der Waals surface area (Å²) in [4.78, 5) is 27.8. The van der Waals surface area contributed by atoms with Crippen LogP contribution in [0, 0.1) is 24.6 Å². The van der Waals surface area contributed by atoms with E-state index >= 15 is 0 Å². The molecule has 2 aromatic carbocycles. The van der Waals surface area contributed by atoms with Gasteiger partial charge in [0.05, 0.1) is 30.0 Å². The van der Waals surface area contributed by atoms with Gasteiger partial charge in [0, 0.05) is 32.2 Å². The molecule has 54 heavy (non-hydrogen) atoms. The van der Waals surface area contributed by atoms with Gasteiger partial charge >= 0.3 is 5.97 Å². The molecule has 0 aliphatic heterocycles. The van der Waals surface area contributed by atoms with E-state index in [2.05, 4.69) is 63.4 Å². The van der Waals surface area contributed by atoms with Crippen LogP contribution < -0.4 is 14.4 Å². The normalized spacial score (nSPS) is 11.9. The summed E-state index contributed by atoms with van der Waals surface area (Å²) in [6.45, 7) is 12.9. The van der Waals surface area contributed by atoms with Crippen molar-refractivity contribution in [2.75, 3.05) is 52.4 Å². The molecular formula is C39H48FN7O4S2Si. The van der Waals surface area contributed by atoms with E-state index in [4.69, 9.17) is 19.2 Å². The van der Waals surface area contributed by atoms with E-state index in [1.54, 1.807) is 35.3 Å². The first-order valence-corrected chi connectivity index (χ1v) is 23.2. The van der Waals surface area contributed by atoms with Gasteiger partial charge in [-0.2, -0.15) is 4.99 Å². The van der Waals surface area contributed by atoms with Crippen LogP contribution in [-0.2, 0) is 22.6 Å². The van der Waals surface area contributed by atoms with Gasteiger partial charge in [0.15, 0.2) is 38.8 Å². The minimum atomic E-state index is -1.22. The van der Waals surface area contributed by atoms with E-state index in [0.29, 0.717) is 55.1 Å². The van der Waals surface area contributed by atoms with Crippen molar-refractivity contribution in [2.24, 2.45) is 4.99 Å². The quantitative estimate of drug-likeness (QED) is 0.0428. The van der Waals surface area contributed by atoms with E-state index in [1.165, 1.54) is 17.4 Å². The maximum absolute atomic E-state index is 14.7. The number of carbonyl (C=O) groups excluding carboxylic acids is 1. The van der Waals surface area contributed by atoms with Crippen LogP contribution in [0.3, 0.4) is 0 Å². The summed E-state index contributed by atoms with van der Waals surface area (Å²) in [6, 6.07) is 15.9. The number of nitrogens with zero attached hydrogens (tertiary/aromatic N) is 7. The molecule has 3 heterocycles.